The van der Waals surface area contributed by atoms with E-state index in [1.165, 1.54) is 49.5 Å². The molecule has 0 unspecified atom stereocenters. The summed E-state index contributed by atoms with van der Waals surface area (Å²) in [5.41, 5.74) is 4.36. The molecule has 8 rings (SSSR count). The lowest BCUT2D eigenvalue weighted by Gasteiger charge is -2.56. The molecule has 0 radical (unpaired) electrons. The highest BCUT2D eigenvalue weighted by molar-refractivity contribution is 6.01. The third-order valence-electron chi connectivity index (χ3n) is 9.38. The number of fused-ring (bicyclic) bond motifs is 2. The average Bonchev–Trinajstić information content (AvgIpc) is 3.29. The van der Waals surface area contributed by atoms with Crippen LogP contribution in [-0.4, -0.2) is 29.5 Å². The number of benzene rings is 2. The number of carbonyl (C=O) groups is 1. The number of ether oxygens (including phenoxy) is 1. The summed E-state index contributed by atoms with van der Waals surface area (Å²) >= 11 is 0. The number of nitrogens with one attached hydrogen (secondary N) is 3. The molecular formula is C32H36N4O2. The van der Waals surface area contributed by atoms with Crippen LogP contribution >= 0.6 is 0 Å². The molecule has 2 aromatic heterocycles. The number of pyridine rings is 1. The maximum atomic E-state index is 13.2. The number of methoxy groups -OCH3 is 1. The van der Waals surface area contributed by atoms with Crippen LogP contribution in [0.3, 0.4) is 0 Å². The first-order valence-corrected chi connectivity index (χ1v) is 14.1. The number of hydrogen-bond acceptors (Lipinski definition) is 4. The van der Waals surface area contributed by atoms with Gasteiger partial charge in [-0.3, -0.25) is 4.79 Å². The van der Waals surface area contributed by atoms with Crippen molar-refractivity contribution in [1.29, 1.82) is 0 Å². The molecule has 6 nitrogen and oxygen atoms in total. The summed E-state index contributed by atoms with van der Waals surface area (Å²) < 4.78 is 5.39. The van der Waals surface area contributed by atoms with Crippen LogP contribution in [0.1, 0.15) is 50.5 Å². The Morgan fingerprint density at radius 1 is 1.03 bits per heavy atom. The molecule has 196 valence electrons. The molecule has 0 spiro atoms. The normalized spacial score (nSPS) is 25.7. The van der Waals surface area contributed by atoms with Gasteiger partial charge in [0.25, 0.3) is 0 Å². The van der Waals surface area contributed by atoms with Gasteiger partial charge < -0.3 is 20.4 Å². The maximum Gasteiger partial charge on any atom is 0.224 e. The first-order chi connectivity index (χ1) is 18.6. The SMILES string of the molecule is COc1ccc2[nH]cc(CCNc3ccc4c(NC(=O)CC56CC7CC(CC(C7)C5)C6)cccc4n3)c2c1. The molecule has 0 atom stereocenters. The van der Waals surface area contributed by atoms with Crippen LogP contribution in [0.4, 0.5) is 11.5 Å². The van der Waals surface area contributed by atoms with E-state index in [0.717, 1.165) is 64.4 Å². The zero-order valence-electron chi connectivity index (χ0n) is 22.1. The number of carbonyl (C=O) groups excluding carboxylic acids is 1. The largest absolute Gasteiger partial charge is 0.497 e. The first kappa shape index (κ1) is 23.6. The van der Waals surface area contributed by atoms with Crippen molar-refractivity contribution in [3.63, 3.8) is 0 Å². The number of H-pyrrole nitrogens is 1. The Balaban J connectivity index is 1.01. The molecule has 38 heavy (non-hydrogen) atoms. The fourth-order valence-electron chi connectivity index (χ4n) is 8.22. The molecule has 1 amide bonds. The molecule has 4 aromatic rings. The summed E-state index contributed by atoms with van der Waals surface area (Å²) in [7, 11) is 1.69. The number of hydrogen-bond donors (Lipinski definition) is 3. The minimum atomic E-state index is 0.164. The second-order valence-electron chi connectivity index (χ2n) is 12.1. The van der Waals surface area contributed by atoms with Gasteiger partial charge in [0, 0.05) is 35.5 Å². The van der Waals surface area contributed by atoms with Crippen molar-refractivity contribution in [3.8, 4) is 5.75 Å². The van der Waals surface area contributed by atoms with Crippen molar-refractivity contribution in [3.05, 3.63) is 60.3 Å². The van der Waals surface area contributed by atoms with Gasteiger partial charge in [-0.25, -0.2) is 4.98 Å². The van der Waals surface area contributed by atoms with Gasteiger partial charge in [0.05, 0.1) is 18.3 Å². The molecule has 0 aliphatic heterocycles. The lowest BCUT2D eigenvalue weighted by Crippen LogP contribution is -2.47. The number of amides is 1. The predicted molar refractivity (Wildman–Crippen MR) is 153 cm³/mol. The predicted octanol–water partition coefficient (Wildman–Crippen LogP) is 6.92. The number of nitrogens with zero attached hydrogens (tertiary/aromatic N) is 1. The van der Waals surface area contributed by atoms with Gasteiger partial charge in [-0.2, -0.15) is 0 Å². The van der Waals surface area contributed by atoms with Crippen molar-refractivity contribution in [1.82, 2.24) is 9.97 Å². The average molecular weight is 509 g/mol. The number of aromatic nitrogens is 2. The Morgan fingerprint density at radius 2 is 1.82 bits per heavy atom. The Hall–Kier alpha value is -3.54. The lowest BCUT2D eigenvalue weighted by atomic mass is 9.49. The van der Waals surface area contributed by atoms with E-state index >= 15 is 0 Å². The molecule has 4 bridgehead atoms. The van der Waals surface area contributed by atoms with Crippen molar-refractivity contribution in [2.24, 2.45) is 23.2 Å². The van der Waals surface area contributed by atoms with Crippen molar-refractivity contribution < 1.29 is 9.53 Å². The number of anilines is 2. The monoisotopic (exact) mass is 508 g/mol. The van der Waals surface area contributed by atoms with Crippen LogP contribution in [-0.2, 0) is 11.2 Å². The topological polar surface area (TPSA) is 79.0 Å². The summed E-state index contributed by atoms with van der Waals surface area (Å²) in [4.78, 5) is 21.4. The van der Waals surface area contributed by atoms with Crippen molar-refractivity contribution >= 4 is 39.2 Å². The van der Waals surface area contributed by atoms with Crippen LogP contribution in [0.2, 0.25) is 0 Å². The molecular weight excluding hydrogens is 472 g/mol. The lowest BCUT2D eigenvalue weighted by molar-refractivity contribution is -0.124. The molecule has 4 aliphatic rings. The van der Waals surface area contributed by atoms with Gasteiger partial charge >= 0.3 is 0 Å². The summed E-state index contributed by atoms with van der Waals surface area (Å²) in [6.07, 6.45) is 11.6. The molecule has 6 heteroatoms. The number of rotatable bonds is 8. The smallest absolute Gasteiger partial charge is 0.224 e. The van der Waals surface area contributed by atoms with Crippen LogP contribution in [0.15, 0.2) is 54.7 Å². The van der Waals surface area contributed by atoms with E-state index in [4.69, 9.17) is 9.72 Å². The zero-order chi connectivity index (χ0) is 25.7. The molecule has 2 heterocycles. The van der Waals surface area contributed by atoms with E-state index in [1.54, 1.807) is 7.11 Å². The molecule has 4 aliphatic carbocycles. The van der Waals surface area contributed by atoms with Gasteiger partial charge in [-0.05, 0) is 116 Å². The summed E-state index contributed by atoms with van der Waals surface area (Å²) in [5, 5.41) is 8.90. The highest BCUT2D eigenvalue weighted by Crippen LogP contribution is 2.61. The second kappa shape index (κ2) is 9.33. The van der Waals surface area contributed by atoms with Gasteiger partial charge in [0.1, 0.15) is 11.6 Å². The maximum absolute atomic E-state index is 13.2. The van der Waals surface area contributed by atoms with E-state index in [0.29, 0.717) is 6.42 Å². The van der Waals surface area contributed by atoms with Crippen LogP contribution < -0.4 is 15.4 Å². The molecule has 0 saturated heterocycles. The minimum Gasteiger partial charge on any atom is -0.497 e. The van der Waals surface area contributed by atoms with Crippen molar-refractivity contribution in [2.75, 3.05) is 24.3 Å². The third kappa shape index (κ3) is 4.40. The molecule has 2 aromatic carbocycles. The van der Waals surface area contributed by atoms with Gasteiger partial charge in [0.2, 0.25) is 5.91 Å². The minimum absolute atomic E-state index is 0.164. The van der Waals surface area contributed by atoms with Crippen molar-refractivity contribution in [2.45, 2.75) is 51.4 Å². The van der Waals surface area contributed by atoms with E-state index in [2.05, 4.69) is 40.0 Å². The zero-order valence-corrected chi connectivity index (χ0v) is 22.1. The Morgan fingerprint density at radius 3 is 2.58 bits per heavy atom. The molecule has 4 saturated carbocycles. The molecule has 3 N–H and O–H groups in total. The fraction of sp³-hybridized carbons (Fsp3) is 0.438. The van der Waals surface area contributed by atoms with E-state index in [-0.39, 0.29) is 11.3 Å². The Labute approximate surface area is 223 Å². The summed E-state index contributed by atoms with van der Waals surface area (Å²) in [5.74, 6) is 4.45. The van der Waals surface area contributed by atoms with Gasteiger partial charge in [-0.15, -0.1) is 0 Å². The highest BCUT2D eigenvalue weighted by atomic mass is 16.5. The van der Waals surface area contributed by atoms with Crippen LogP contribution in [0.5, 0.6) is 5.75 Å². The van der Waals surface area contributed by atoms with Crippen LogP contribution in [0, 0.1) is 23.2 Å². The van der Waals surface area contributed by atoms with Gasteiger partial charge in [0.15, 0.2) is 0 Å². The Kier molecular flexibility index (Phi) is 5.79. The third-order valence-corrected chi connectivity index (χ3v) is 9.38. The number of aromatic amines is 1. The van der Waals surface area contributed by atoms with Gasteiger partial charge in [-0.1, -0.05) is 6.07 Å². The van der Waals surface area contributed by atoms with Crippen LogP contribution in [0.25, 0.3) is 21.8 Å². The summed E-state index contributed by atoms with van der Waals surface area (Å²) in [6, 6.07) is 16.2. The van der Waals surface area contributed by atoms with E-state index in [9.17, 15) is 4.79 Å². The fourth-order valence-corrected chi connectivity index (χ4v) is 8.22. The quantitative estimate of drug-likeness (QED) is 0.241. The van der Waals surface area contributed by atoms with E-state index in [1.807, 2.05) is 30.3 Å². The highest BCUT2D eigenvalue weighted by Gasteiger charge is 2.51. The first-order valence-electron chi connectivity index (χ1n) is 14.1. The molecule has 4 fully saturated rings. The summed E-state index contributed by atoms with van der Waals surface area (Å²) in [6.45, 7) is 0.768. The second-order valence-corrected chi connectivity index (χ2v) is 12.1. The van der Waals surface area contributed by atoms with E-state index < -0.39 is 0 Å². The standard InChI is InChI=1S/C32H36N4O2/c1-38-24-5-7-27-26(14-24)23(19-34-27)9-10-33-30-8-6-25-28(35-30)3-2-4-29(25)36-31(37)18-32-15-20-11-21(16-32)13-22(12-20)17-32/h2-8,14,19-22,34H,9-13,15-18H2,1H3,(H,33,35)(H,36,37). The Bertz CT molecular complexity index is 1470.